The number of hydrogen-bond donors (Lipinski definition) is 3. The molecule has 0 radical (unpaired) electrons. The predicted octanol–water partition coefficient (Wildman–Crippen LogP) is -0.00356. The Labute approximate surface area is 98.8 Å². The summed E-state index contributed by atoms with van der Waals surface area (Å²) < 4.78 is 26.0. The third-order valence-electron chi connectivity index (χ3n) is 2.05. The molecule has 0 aliphatic rings. The lowest BCUT2D eigenvalue weighted by atomic mass is 10.4. The Kier molecular flexibility index (Phi) is 4.45. The van der Waals surface area contributed by atoms with E-state index in [1.807, 2.05) is 6.92 Å². The van der Waals surface area contributed by atoms with Crippen LogP contribution in [0.3, 0.4) is 0 Å². The van der Waals surface area contributed by atoms with Crippen LogP contribution in [0.4, 0.5) is 0 Å². The summed E-state index contributed by atoms with van der Waals surface area (Å²) in [5.74, 6) is 0. The highest BCUT2D eigenvalue weighted by atomic mass is 32.2. The van der Waals surface area contributed by atoms with E-state index in [2.05, 4.69) is 4.72 Å². The van der Waals surface area contributed by atoms with Gasteiger partial charge in [-0.05, 0) is 19.9 Å². The van der Waals surface area contributed by atoms with Crippen molar-refractivity contribution < 1.29 is 18.6 Å². The minimum absolute atomic E-state index is 0.210. The molecule has 0 saturated heterocycles. The van der Waals surface area contributed by atoms with Crippen LogP contribution in [0, 0.1) is 13.8 Å². The Morgan fingerprint density at radius 3 is 2.31 bits per heavy atom. The van der Waals surface area contributed by atoms with E-state index in [1.165, 1.54) is 11.3 Å². The van der Waals surface area contributed by atoms with Crippen LogP contribution in [0.2, 0.25) is 0 Å². The number of aliphatic hydroxyl groups is 2. The molecular weight excluding hydrogens is 250 g/mol. The van der Waals surface area contributed by atoms with Gasteiger partial charge in [-0.2, -0.15) is 0 Å². The lowest BCUT2D eigenvalue weighted by molar-refractivity contribution is 0.185. The zero-order valence-corrected chi connectivity index (χ0v) is 10.7. The lowest BCUT2D eigenvalue weighted by Crippen LogP contribution is -2.40. The maximum atomic E-state index is 11.9. The van der Waals surface area contributed by atoms with Gasteiger partial charge < -0.3 is 10.2 Å². The first-order valence-corrected chi connectivity index (χ1v) is 7.01. The average molecular weight is 265 g/mol. The van der Waals surface area contributed by atoms with Crippen LogP contribution in [0.5, 0.6) is 0 Å². The van der Waals surface area contributed by atoms with Crippen LogP contribution < -0.4 is 4.72 Å². The van der Waals surface area contributed by atoms with E-state index in [4.69, 9.17) is 10.2 Å². The molecule has 7 heteroatoms. The zero-order chi connectivity index (χ0) is 12.3. The van der Waals surface area contributed by atoms with Gasteiger partial charge in [0.2, 0.25) is 10.0 Å². The van der Waals surface area contributed by atoms with Gasteiger partial charge in [0.15, 0.2) is 0 Å². The molecule has 0 aliphatic heterocycles. The molecule has 0 aromatic carbocycles. The topological polar surface area (TPSA) is 86.6 Å². The molecule has 1 rings (SSSR count). The number of hydrogen-bond acceptors (Lipinski definition) is 5. The molecule has 0 aliphatic carbocycles. The summed E-state index contributed by atoms with van der Waals surface area (Å²) in [7, 11) is -3.65. The van der Waals surface area contributed by atoms with Gasteiger partial charge in [0.25, 0.3) is 0 Å². The minimum atomic E-state index is -3.65. The van der Waals surface area contributed by atoms with Gasteiger partial charge >= 0.3 is 0 Å². The van der Waals surface area contributed by atoms with E-state index in [0.717, 1.165) is 4.88 Å². The van der Waals surface area contributed by atoms with Crippen molar-refractivity contribution in [2.75, 3.05) is 13.2 Å². The highest BCUT2D eigenvalue weighted by Gasteiger charge is 2.22. The fraction of sp³-hybridized carbons (Fsp3) is 0.556. The van der Waals surface area contributed by atoms with Crippen molar-refractivity contribution in [2.24, 2.45) is 0 Å². The third kappa shape index (κ3) is 3.02. The Balaban J connectivity index is 2.98. The molecule has 16 heavy (non-hydrogen) atoms. The van der Waals surface area contributed by atoms with E-state index in [1.54, 1.807) is 13.0 Å². The quantitative estimate of drug-likeness (QED) is 0.699. The SMILES string of the molecule is Cc1cc(S(=O)(=O)NC(CO)CO)c(C)s1. The maximum absolute atomic E-state index is 11.9. The highest BCUT2D eigenvalue weighted by Crippen LogP contribution is 2.24. The lowest BCUT2D eigenvalue weighted by Gasteiger charge is -2.13. The molecule has 1 aromatic rings. The average Bonchev–Trinajstić information content (AvgIpc) is 2.55. The number of rotatable bonds is 5. The van der Waals surface area contributed by atoms with Gasteiger partial charge in [-0.1, -0.05) is 0 Å². The zero-order valence-electron chi connectivity index (χ0n) is 9.10. The molecule has 1 aromatic heterocycles. The van der Waals surface area contributed by atoms with Gasteiger partial charge in [0, 0.05) is 9.75 Å². The van der Waals surface area contributed by atoms with Crippen molar-refractivity contribution in [3.05, 3.63) is 15.8 Å². The second-order valence-corrected chi connectivity index (χ2v) is 6.60. The standard InChI is InChI=1S/C9H15NO4S2/c1-6-3-9(7(2)15-6)16(13,14)10-8(4-11)5-12/h3,8,10-12H,4-5H2,1-2H3. The third-order valence-corrected chi connectivity index (χ3v) is 4.79. The summed E-state index contributed by atoms with van der Waals surface area (Å²) >= 11 is 1.39. The first kappa shape index (κ1) is 13.6. The Morgan fingerprint density at radius 1 is 1.38 bits per heavy atom. The van der Waals surface area contributed by atoms with E-state index in [0.29, 0.717) is 4.88 Å². The number of sulfonamides is 1. The van der Waals surface area contributed by atoms with Gasteiger partial charge in [-0.25, -0.2) is 13.1 Å². The minimum Gasteiger partial charge on any atom is -0.395 e. The first-order valence-electron chi connectivity index (χ1n) is 4.71. The van der Waals surface area contributed by atoms with E-state index in [-0.39, 0.29) is 4.90 Å². The molecule has 0 spiro atoms. The molecule has 0 saturated carbocycles. The molecule has 0 unspecified atom stereocenters. The second-order valence-electron chi connectivity index (χ2n) is 3.46. The van der Waals surface area contributed by atoms with Crippen LogP contribution in [-0.4, -0.2) is 37.9 Å². The first-order chi connectivity index (χ1) is 7.40. The van der Waals surface area contributed by atoms with Crippen LogP contribution in [0.15, 0.2) is 11.0 Å². The van der Waals surface area contributed by atoms with E-state index < -0.39 is 29.3 Å². The maximum Gasteiger partial charge on any atom is 0.242 e. The smallest absolute Gasteiger partial charge is 0.242 e. The summed E-state index contributed by atoms with van der Waals surface area (Å²) in [5, 5.41) is 17.7. The van der Waals surface area contributed by atoms with Crippen LogP contribution in [0.1, 0.15) is 9.75 Å². The summed E-state index contributed by atoms with van der Waals surface area (Å²) in [5.41, 5.74) is 0. The molecule has 0 amide bonds. The summed E-state index contributed by atoms with van der Waals surface area (Å²) in [6, 6.07) is 0.721. The summed E-state index contributed by atoms with van der Waals surface area (Å²) in [4.78, 5) is 1.81. The summed E-state index contributed by atoms with van der Waals surface area (Å²) in [6.45, 7) is 2.68. The van der Waals surface area contributed by atoms with Crippen LogP contribution >= 0.6 is 11.3 Å². The van der Waals surface area contributed by atoms with Gasteiger partial charge in [-0.3, -0.25) is 0 Å². The molecule has 0 atom stereocenters. The monoisotopic (exact) mass is 265 g/mol. The van der Waals surface area contributed by atoms with Gasteiger partial charge in [0.1, 0.15) is 0 Å². The molecule has 3 N–H and O–H groups in total. The fourth-order valence-electron chi connectivity index (χ4n) is 1.29. The van der Waals surface area contributed by atoms with E-state index >= 15 is 0 Å². The van der Waals surface area contributed by atoms with Crippen LogP contribution in [0.25, 0.3) is 0 Å². The Morgan fingerprint density at radius 2 is 1.94 bits per heavy atom. The van der Waals surface area contributed by atoms with Crippen molar-refractivity contribution >= 4 is 21.4 Å². The van der Waals surface area contributed by atoms with Crippen molar-refractivity contribution in [3.63, 3.8) is 0 Å². The van der Waals surface area contributed by atoms with Gasteiger partial charge in [-0.15, -0.1) is 11.3 Å². The number of aryl methyl sites for hydroxylation is 2. The number of nitrogens with one attached hydrogen (secondary N) is 1. The molecule has 0 bridgehead atoms. The van der Waals surface area contributed by atoms with Crippen LogP contribution in [-0.2, 0) is 10.0 Å². The van der Waals surface area contributed by atoms with Crippen molar-refractivity contribution in [3.8, 4) is 0 Å². The molecule has 1 heterocycles. The van der Waals surface area contributed by atoms with Crippen molar-refractivity contribution in [2.45, 2.75) is 24.8 Å². The fourth-order valence-corrected chi connectivity index (χ4v) is 4.06. The highest BCUT2D eigenvalue weighted by molar-refractivity contribution is 7.89. The van der Waals surface area contributed by atoms with E-state index in [9.17, 15) is 8.42 Å². The molecule has 0 fully saturated rings. The second kappa shape index (κ2) is 5.24. The number of thiophene rings is 1. The summed E-state index contributed by atoms with van der Waals surface area (Å²) in [6.07, 6.45) is 0. The van der Waals surface area contributed by atoms with Crippen molar-refractivity contribution in [1.82, 2.24) is 4.72 Å². The molecule has 92 valence electrons. The predicted molar refractivity (Wildman–Crippen MR) is 62.1 cm³/mol. The Hall–Kier alpha value is -0.470. The molecule has 5 nitrogen and oxygen atoms in total. The molecular formula is C9H15NO4S2. The van der Waals surface area contributed by atoms with Gasteiger partial charge in [0.05, 0.1) is 24.2 Å². The number of aliphatic hydroxyl groups excluding tert-OH is 2. The van der Waals surface area contributed by atoms with Crippen molar-refractivity contribution in [1.29, 1.82) is 0 Å². The Bertz CT molecular complexity index is 448. The normalized spacial score (nSPS) is 12.3. The largest absolute Gasteiger partial charge is 0.395 e.